The molecule has 0 aromatic heterocycles. The Morgan fingerprint density at radius 1 is 1.32 bits per heavy atom. The van der Waals surface area contributed by atoms with Crippen molar-refractivity contribution in [2.24, 2.45) is 0 Å². The van der Waals surface area contributed by atoms with E-state index in [1.807, 2.05) is 26.8 Å². The molecule has 0 spiro atoms. The predicted octanol–water partition coefficient (Wildman–Crippen LogP) is 1.53. The van der Waals surface area contributed by atoms with Gasteiger partial charge in [0.25, 0.3) is 10.1 Å². The number of anilines is 1. The van der Waals surface area contributed by atoms with E-state index in [0.29, 0.717) is 0 Å². The summed E-state index contributed by atoms with van der Waals surface area (Å²) in [6.07, 6.45) is -0.288. The predicted molar refractivity (Wildman–Crippen MR) is 76.2 cm³/mol. The van der Waals surface area contributed by atoms with E-state index in [-0.39, 0.29) is 6.54 Å². The van der Waals surface area contributed by atoms with Gasteiger partial charge in [-0.15, -0.1) is 0 Å². The van der Waals surface area contributed by atoms with Crippen LogP contribution in [0.5, 0.6) is 0 Å². The molecule has 19 heavy (non-hydrogen) atoms. The van der Waals surface area contributed by atoms with Gasteiger partial charge in [0.1, 0.15) is 5.75 Å². The molecule has 1 aromatic rings. The minimum absolute atomic E-state index is 0.0791. The number of aliphatic hydroxyl groups is 1. The fourth-order valence-corrected chi connectivity index (χ4v) is 2.76. The van der Waals surface area contributed by atoms with E-state index >= 15 is 0 Å². The van der Waals surface area contributed by atoms with Crippen molar-refractivity contribution >= 4 is 15.8 Å². The van der Waals surface area contributed by atoms with Crippen LogP contribution in [0.2, 0.25) is 0 Å². The smallest absolute Gasteiger partial charge is 0.267 e. The van der Waals surface area contributed by atoms with E-state index in [0.717, 1.165) is 28.8 Å². The monoisotopic (exact) mass is 287 g/mol. The molecule has 6 heteroatoms. The number of hydrogen-bond acceptors (Lipinski definition) is 4. The largest absolute Gasteiger partial charge is 0.390 e. The number of hydrogen-bond donors (Lipinski definition) is 3. The van der Waals surface area contributed by atoms with Gasteiger partial charge in [0.05, 0.1) is 6.10 Å². The van der Waals surface area contributed by atoms with Crippen molar-refractivity contribution < 1.29 is 18.1 Å². The minimum atomic E-state index is -4.15. The van der Waals surface area contributed by atoms with Crippen LogP contribution in [0.25, 0.3) is 0 Å². The summed E-state index contributed by atoms with van der Waals surface area (Å²) in [6.45, 7) is 6.12. The fourth-order valence-electron chi connectivity index (χ4n) is 2.15. The van der Waals surface area contributed by atoms with Crippen LogP contribution < -0.4 is 5.32 Å². The summed E-state index contributed by atoms with van der Waals surface area (Å²) in [5.74, 6) is -0.660. The van der Waals surface area contributed by atoms with Crippen LogP contribution in [0.15, 0.2) is 12.1 Å². The molecule has 5 nitrogen and oxygen atoms in total. The molecule has 1 rings (SSSR count). The summed E-state index contributed by atoms with van der Waals surface area (Å²) < 4.78 is 30.0. The molecule has 1 aromatic carbocycles. The highest BCUT2D eigenvalue weighted by Gasteiger charge is 2.14. The topological polar surface area (TPSA) is 86.6 Å². The Bertz CT molecular complexity index is 540. The van der Waals surface area contributed by atoms with Crippen LogP contribution in [-0.4, -0.2) is 36.5 Å². The molecule has 3 N–H and O–H groups in total. The van der Waals surface area contributed by atoms with Gasteiger partial charge >= 0.3 is 0 Å². The molecule has 0 aliphatic rings. The van der Waals surface area contributed by atoms with E-state index < -0.39 is 22.0 Å². The molecule has 0 radical (unpaired) electrons. The van der Waals surface area contributed by atoms with E-state index in [2.05, 4.69) is 11.4 Å². The van der Waals surface area contributed by atoms with E-state index in [1.54, 1.807) is 0 Å². The maximum atomic E-state index is 10.7. The van der Waals surface area contributed by atoms with E-state index in [9.17, 15) is 13.5 Å². The van der Waals surface area contributed by atoms with Crippen LogP contribution in [0.1, 0.15) is 23.6 Å². The van der Waals surface area contributed by atoms with Crippen molar-refractivity contribution in [3.05, 3.63) is 28.8 Å². The summed E-state index contributed by atoms with van der Waals surface area (Å²) in [5, 5.41) is 12.6. The fraction of sp³-hybridized carbons (Fsp3) is 0.538. The molecular weight excluding hydrogens is 266 g/mol. The second kappa shape index (κ2) is 6.36. The Morgan fingerprint density at radius 3 is 2.47 bits per heavy atom. The summed E-state index contributed by atoms with van der Waals surface area (Å²) in [6, 6.07) is 4.05. The molecule has 0 aliphatic carbocycles. The van der Waals surface area contributed by atoms with Gasteiger partial charge in [-0.05, 0) is 43.0 Å². The van der Waals surface area contributed by atoms with Crippen molar-refractivity contribution in [2.75, 3.05) is 17.6 Å². The zero-order valence-electron chi connectivity index (χ0n) is 11.5. The lowest BCUT2D eigenvalue weighted by molar-refractivity contribution is 0.208. The van der Waals surface area contributed by atoms with Crippen LogP contribution in [0, 0.1) is 13.8 Å². The molecule has 1 atom stereocenters. The van der Waals surface area contributed by atoms with Crippen molar-refractivity contribution in [3.63, 3.8) is 0 Å². The van der Waals surface area contributed by atoms with Crippen molar-refractivity contribution in [1.29, 1.82) is 0 Å². The number of benzene rings is 1. The number of rotatable bonds is 6. The van der Waals surface area contributed by atoms with Crippen molar-refractivity contribution in [3.8, 4) is 0 Å². The van der Waals surface area contributed by atoms with Crippen LogP contribution in [0.3, 0.4) is 0 Å². The van der Waals surface area contributed by atoms with Gasteiger partial charge in [0.15, 0.2) is 0 Å². The molecular formula is C13H21NO4S. The molecule has 0 saturated carbocycles. The average molecular weight is 287 g/mol. The molecule has 0 heterocycles. The SMILES string of the molecule is CCc1c(C)cc(C)cc1NCC(O)CS(=O)(=O)O. The number of aliphatic hydroxyl groups excluding tert-OH is 1. The van der Waals surface area contributed by atoms with Crippen LogP contribution in [-0.2, 0) is 16.5 Å². The Morgan fingerprint density at radius 2 is 1.95 bits per heavy atom. The quantitative estimate of drug-likeness (QED) is 0.691. The van der Waals surface area contributed by atoms with Gasteiger partial charge in [-0.3, -0.25) is 4.55 Å². The molecule has 0 amide bonds. The number of aryl methyl sites for hydroxylation is 2. The van der Waals surface area contributed by atoms with Gasteiger partial charge in [-0.1, -0.05) is 13.0 Å². The average Bonchev–Trinajstić information content (AvgIpc) is 2.23. The second-order valence-corrected chi connectivity index (χ2v) is 6.24. The van der Waals surface area contributed by atoms with Gasteiger partial charge in [0, 0.05) is 12.2 Å². The molecule has 0 aliphatic heterocycles. The summed E-state index contributed by atoms with van der Waals surface area (Å²) in [5.41, 5.74) is 4.30. The molecule has 0 fully saturated rings. The third-order valence-electron chi connectivity index (χ3n) is 2.90. The van der Waals surface area contributed by atoms with E-state index in [1.165, 1.54) is 0 Å². The highest BCUT2D eigenvalue weighted by Crippen LogP contribution is 2.22. The highest BCUT2D eigenvalue weighted by molar-refractivity contribution is 7.85. The second-order valence-electron chi connectivity index (χ2n) is 4.74. The maximum absolute atomic E-state index is 10.7. The van der Waals surface area contributed by atoms with Crippen molar-refractivity contribution in [1.82, 2.24) is 0 Å². The normalized spacial score (nSPS) is 13.3. The third kappa shape index (κ3) is 5.18. The summed E-state index contributed by atoms with van der Waals surface area (Å²) in [7, 11) is -4.15. The molecule has 0 saturated heterocycles. The first-order valence-corrected chi connectivity index (χ1v) is 7.81. The first kappa shape index (κ1) is 15.9. The Kier molecular flexibility index (Phi) is 5.34. The first-order chi connectivity index (χ1) is 8.73. The molecule has 1 unspecified atom stereocenters. The standard InChI is InChI=1S/C13H21NO4S/c1-4-12-10(3)5-9(2)6-13(12)14-7-11(15)8-19(16,17)18/h5-6,11,14-15H,4,7-8H2,1-3H3,(H,16,17,18). The van der Waals surface area contributed by atoms with Gasteiger partial charge in [-0.25, -0.2) is 0 Å². The lowest BCUT2D eigenvalue weighted by atomic mass is 10.0. The van der Waals surface area contributed by atoms with Gasteiger partial charge in [0.2, 0.25) is 0 Å². The Hall–Kier alpha value is -1.11. The maximum Gasteiger partial charge on any atom is 0.267 e. The first-order valence-electron chi connectivity index (χ1n) is 6.20. The van der Waals surface area contributed by atoms with Crippen LogP contribution in [0.4, 0.5) is 5.69 Å². The zero-order chi connectivity index (χ0) is 14.6. The summed E-state index contributed by atoms with van der Waals surface area (Å²) >= 11 is 0. The summed E-state index contributed by atoms with van der Waals surface area (Å²) in [4.78, 5) is 0. The highest BCUT2D eigenvalue weighted by atomic mass is 32.2. The Labute approximate surface area is 114 Å². The third-order valence-corrected chi connectivity index (χ3v) is 3.71. The van der Waals surface area contributed by atoms with Crippen molar-refractivity contribution in [2.45, 2.75) is 33.3 Å². The van der Waals surface area contributed by atoms with Gasteiger partial charge < -0.3 is 10.4 Å². The number of nitrogens with one attached hydrogen (secondary N) is 1. The van der Waals surface area contributed by atoms with E-state index in [4.69, 9.17) is 4.55 Å². The zero-order valence-corrected chi connectivity index (χ0v) is 12.3. The van der Waals surface area contributed by atoms with Gasteiger partial charge in [-0.2, -0.15) is 8.42 Å². The Balaban J connectivity index is 2.77. The van der Waals surface area contributed by atoms with Crippen LogP contribution >= 0.6 is 0 Å². The molecule has 108 valence electrons. The molecule has 0 bridgehead atoms. The lowest BCUT2D eigenvalue weighted by Gasteiger charge is -2.16. The minimum Gasteiger partial charge on any atom is -0.390 e. The lowest BCUT2D eigenvalue weighted by Crippen LogP contribution is -2.28.